The number of hydrogen-bond acceptors (Lipinski definition) is 3. The third-order valence-electron chi connectivity index (χ3n) is 4.28. The Morgan fingerprint density at radius 1 is 1.32 bits per heavy atom. The Morgan fingerprint density at radius 3 is 2.74 bits per heavy atom. The summed E-state index contributed by atoms with van der Waals surface area (Å²) in [6.45, 7) is 2.93. The van der Waals surface area contributed by atoms with Crippen LogP contribution in [0.3, 0.4) is 0 Å². The Kier molecular flexibility index (Phi) is 4.10. The standard InChI is InChI=1S/C15H20BrNO2/c1-18-15-8-12(16)3-2-11(15)6-7-17-13-4-5-14(17)10-19-9-13/h2-3,8,13-14H,4-7,9-10H2,1H3. The molecule has 0 spiro atoms. The number of fused-ring (bicyclic) bond motifs is 2. The molecule has 4 heteroatoms. The molecular formula is C15H20BrNO2. The quantitative estimate of drug-likeness (QED) is 0.849. The molecule has 104 valence electrons. The summed E-state index contributed by atoms with van der Waals surface area (Å²) in [5.41, 5.74) is 1.29. The largest absolute Gasteiger partial charge is 0.496 e. The third kappa shape index (κ3) is 2.81. The van der Waals surface area contributed by atoms with Crippen molar-refractivity contribution in [3.05, 3.63) is 28.2 Å². The molecule has 0 amide bonds. The fourth-order valence-electron chi connectivity index (χ4n) is 3.25. The van der Waals surface area contributed by atoms with E-state index in [1.165, 1.54) is 18.4 Å². The van der Waals surface area contributed by atoms with Crippen LogP contribution in [0, 0.1) is 0 Å². The minimum atomic E-state index is 0.639. The molecule has 1 aromatic rings. The van der Waals surface area contributed by atoms with E-state index in [9.17, 15) is 0 Å². The van der Waals surface area contributed by atoms with E-state index in [1.807, 2.05) is 6.07 Å². The number of methoxy groups -OCH3 is 1. The summed E-state index contributed by atoms with van der Waals surface area (Å²) in [7, 11) is 1.74. The average molecular weight is 326 g/mol. The predicted molar refractivity (Wildman–Crippen MR) is 78.7 cm³/mol. The highest BCUT2D eigenvalue weighted by molar-refractivity contribution is 9.10. The van der Waals surface area contributed by atoms with Crippen LogP contribution >= 0.6 is 15.9 Å². The SMILES string of the molecule is COc1cc(Br)ccc1CCN1C2CCC1COC2. The molecule has 0 N–H and O–H groups in total. The van der Waals surface area contributed by atoms with Crippen LogP contribution in [0.5, 0.6) is 5.75 Å². The lowest BCUT2D eigenvalue weighted by molar-refractivity contribution is -0.0138. The Hall–Kier alpha value is -0.580. The van der Waals surface area contributed by atoms with Crippen LogP contribution in [-0.4, -0.2) is 43.9 Å². The maximum absolute atomic E-state index is 5.63. The first kappa shape index (κ1) is 13.4. The molecule has 0 radical (unpaired) electrons. The van der Waals surface area contributed by atoms with E-state index in [4.69, 9.17) is 9.47 Å². The van der Waals surface area contributed by atoms with Crippen molar-refractivity contribution in [1.29, 1.82) is 0 Å². The predicted octanol–water partition coefficient (Wildman–Crippen LogP) is 2.86. The Labute approximate surface area is 123 Å². The van der Waals surface area contributed by atoms with E-state index in [0.29, 0.717) is 12.1 Å². The molecule has 19 heavy (non-hydrogen) atoms. The molecule has 2 bridgehead atoms. The van der Waals surface area contributed by atoms with Crippen molar-refractivity contribution in [3.8, 4) is 5.75 Å². The molecule has 2 saturated heterocycles. The molecule has 1 aromatic carbocycles. The van der Waals surface area contributed by atoms with Gasteiger partial charge in [-0.2, -0.15) is 0 Å². The number of morpholine rings is 1. The first-order valence-electron chi connectivity index (χ1n) is 6.94. The van der Waals surface area contributed by atoms with Crippen LogP contribution in [-0.2, 0) is 11.2 Å². The van der Waals surface area contributed by atoms with Gasteiger partial charge in [0.1, 0.15) is 5.75 Å². The molecule has 0 aromatic heterocycles. The fraction of sp³-hybridized carbons (Fsp3) is 0.600. The molecule has 2 heterocycles. The molecule has 2 fully saturated rings. The van der Waals surface area contributed by atoms with Crippen LogP contribution in [0.15, 0.2) is 22.7 Å². The maximum atomic E-state index is 5.63. The van der Waals surface area contributed by atoms with E-state index in [1.54, 1.807) is 7.11 Å². The second-order valence-electron chi connectivity index (χ2n) is 5.37. The van der Waals surface area contributed by atoms with Crippen molar-refractivity contribution >= 4 is 15.9 Å². The molecule has 0 saturated carbocycles. The summed E-state index contributed by atoms with van der Waals surface area (Å²) in [5.74, 6) is 0.981. The van der Waals surface area contributed by atoms with Crippen LogP contribution in [0.25, 0.3) is 0 Å². The van der Waals surface area contributed by atoms with Gasteiger partial charge in [0.15, 0.2) is 0 Å². The molecule has 0 aliphatic carbocycles. The third-order valence-corrected chi connectivity index (χ3v) is 4.77. The summed E-state index contributed by atoms with van der Waals surface area (Å²) < 4.78 is 12.2. The number of nitrogens with zero attached hydrogens (tertiary/aromatic N) is 1. The zero-order valence-electron chi connectivity index (χ0n) is 11.3. The van der Waals surface area contributed by atoms with Crippen molar-refractivity contribution in [2.45, 2.75) is 31.3 Å². The first-order valence-corrected chi connectivity index (χ1v) is 7.73. The van der Waals surface area contributed by atoms with Crippen molar-refractivity contribution in [3.63, 3.8) is 0 Å². The average Bonchev–Trinajstić information content (AvgIpc) is 2.65. The van der Waals surface area contributed by atoms with Gasteiger partial charge in [-0.15, -0.1) is 0 Å². The lowest BCUT2D eigenvalue weighted by Gasteiger charge is -2.34. The van der Waals surface area contributed by atoms with Gasteiger partial charge >= 0.3 is 0 Å². The molecule has 2 unspecified atom stereocenters. The summed E-state index contributed by atoms with van der Waals surface area (Å²) in [4.78, 5) is 2.63. The van der Waals surface area contributed by atoms with Gasteiger partial charge in [0.2, 0.25) is 0 Å². The van der Waals surface area contributed by atoms with Crippen LogP contribution in [0.2, 0.25) is 0 Å². The van der Waals surface area contributed by atoms with E-state index >= 15 is 0 Å². The maximum Gasteiger partial charge on any atom is 0.123 e. The highest BCUT2D eigenvalue weighted by atomic mass is 79.9. The van der Waals surface area contributed by atoms with Gasteiger partial charge in [0, 0.05) is 23.1 Å². The summed E-state index contributed by atoms with van der Waals surface area (Å²) in [6.07, 6.45) is 3.63. The Bertz CT molecular complexity index is 436. The number of benzene rings is 1. The number of hydrogen-bond donors (Lipinski definition) is 0. The lowest BCUT2D eigenvalue weighted by atomic mass is 10.1. The van der Waals surface area contributed by atoms with Gasteiger partial charge in [-0.1, -0.05) is 22.0 Å². The van der Waals surface area contributed by atoms with Gasteiger partial charge < -0.3 is 9.47 Å². The first-order chi connectivity index (χ1) is 9.28. The molecule has 2 atom stereocenters. The zero-order valence-corrected chi connectivity index (χ0v) is 12.9. The summed E-state index contributed by atoms with van der Waals surface area (Å²) >= 11 is 3.49. The van der Waals surface area contributed by atoms with Crippen molar-refractivity contribution in [2.75, 3.05) is 26.9 Å². The van der Waals surface area contributed by atoms with E-state index < -0.39 is 0 Å². The van der Waals surface area contributed by atoms with E-state index in [2.05, 4.69) is 33.0 Å². The van der Waals surface area contributed by atoms with Crippen molar-refractivity contribution in [1.82, 2.24) is 4.90 Å². The van der Waals surface area contributed by atoms with Gasteiger partial charge in [0.25, 0.3) is 0 Å². The summed E-state index contributed by atoms with van der Waals surface area (Å²) in [5, 5.41) is 0. The van der Waals surface area contributed by atoms with Crippen molar-refractivity contribution < 1.29 is 9.47 Å². The van der Waals surface area contributed by atoms with Crippen molar-refractivity contribution in [2.24, 2.45) is 0 Å². The zero-order chi connectivity index (χ0) is 13.2. The lowest BCUT2D eigenvalue weighted by Crippen LogP contribution is -2.46. The summed E-state index contributed by atoms with van der Waals surface area (Å²) in [6, 6.07) is 7.57. The van der Waals surface area contributed by atoms with E-state index in [-0.39, 0.29) is 0 Å². The highest BCUT2D eigenvalue weighted by Crippen LogP contribution is 2.30. The van der Waals surface area contributed by atoms with Crippen LogP contribution in [0.4, 0.5) is 0 Å². The number of ether oxygens (including phenoxy) is 2. The van der Waals surface area contributed by atoms with Gasteiger partial charge in [-0.25, -0.2) is 0 Å². The molecular weight excluding hydrogens is 306 g/mol. The monoisotopic (exact) mass is 325 g/mol. The minimum absolute atomic E-state index is 0.639. The number of halogens is 1. The van der Waals surface area contributed by atoms with Gasteiger partial charge in [-0.05, 0) is 37.0 Å². The fourth-order valence-corrected chi connectivity index (χ4v) is 3.59. The Balaban J connectivity index is 1.66. The topological polar surface area (TPSA) is 21.7 Å². The molecule has 2 aliphatic rings. The van der Waals surface area contributed by atoms with Crippen LogP contribution in [0.1, 0.15) is 18.4 Å². The second-order valence-corrected chi connectivity index (χ2v) is 6.28. The Morgan fingerprint density at radius 2 is 2.05 bits per heavy atom. The smallest absolute Gasteiger partial charge is 0.123 e. The molecule has 3 nitrogen and oxygen atoms in total. The van der Waals surface area contributed by atoms with Crippen LogP contribution < -0.4 is 4.74 Å². The molecule has 3 rings (SSSR count). The van der Waals surface area contributed by atoms with E-state index in [0.717, 1.165) is 36.4 Å². The number of rotatable bonds is 4. The second kappa shape index (κ2) is 5.81. The minimum Gasteiger partial charge on any atom is -0.496 e. The van der Waals surface area contributed by atoms with Gasteiger partial charge in [0.05, 0.1) is 20.3 Å². The highest BCUT2D eigenvalue weighted by Gasteiger charge is 2.36. The van der Waals surface area contributed by atoms with Gasteiger partial charge in [-0.3, -0.25) is 4.90 Å². The normalized spacial score (nSPS) is 26.6. The molecule has 2 aliphatic heterocycles.